The van der Waals surface area contributed by atoms with Crippen LogP contribution in [0.4, 0.5) is 0 Å². The number of hydrogen-bond donors (Lipinski definition) is 2. The van der Waals surface area contributed by atoms with Crippen LogP contribution in [0.15, 0.2) is 23.8 Å². The Bertz CT molecular complexity index is 650. The number of epoxide rings is 1. The van der Waals surface area contributed by atoms with Crippen LogP contribution >= 0.6 is 0 Å². The zero-order valence-corrected chi connectivity index (χ0v) is 14.9. The van der Waals surface area contributed by atoms with Crippen molar-refractivity contribution in [3.8, 4) is 0 Å². The SMILES string of the molecule is CC=CC(=O)OC[C@]12CCC(C)=C[C@H]1O[C@@H]1[C@H](O)[C@@H](O)[C@@]2(C)[C@]12CO2. The highest BCUT2D eigenvalue weighted by molar-refractivity contribution is 5.81. The van der Waals surface area contributed by atoms with Crippen molar-refractivity contribution < 1.29 is 29.2 Å². The summed E-state index contributed by atoms with van der Waals surface area (Å²) in [6.45, 7) is 6.34. The molecule has 7 atom stereocenters. The molecule has 25 heavy (non-hydrogen) atoms. The number of fused-ring (bicyclic) bond motifs is 2. The third kappa shape index (κ3) is 1.97. The van der Waals surface area contributed by atoms with Crippen LogP contribution in [-0.2, 0) is 19.0 Å². The van der Waals surface area contributed by atoms with Crippen LogP contribution in [0.3, 0.4) is 0 Å². The predicted octanol–water partition coefficient (Wildman–Crippen LogP) is 1.11. The van der Waals surface area contributed by atoms with E-state index in [-0.39, 0.29) is 12.7 Å². The average Bonchev–Trinajstić information content (AvgIpc) is 3.36. The Labute approximate surface area is 147 Å². The van der Waals surface area contributed by atoms with E-state index in [2.05, 4.69) is 6.08 Å². The van der Waals surface area contributed by atoms with E-state index in [0.29, 0.717) is 13.0 Å². The zero-order chi connectivity index (χ0) is 18.0. The highest BCUT2D eigenvalue weighted by Crippen LogP contribution is 2.71. The molecule has 1 spiro atoms. The molecule has 6 nitrogen and oxygen atoms in total. The largest absolute Gasteiger partial charge is 0.462 e. The molecule has 0 aromatic rings. The van der Waals surface area contributed by atoms with E-state index in [9.17, 15) is 15.0 Å². The molecule has 2 heterocycles. The molecular weight excluding hydrogens is 324 g/mol. The summed E-state index contributed by atoms with van der Waals surface area (Å²) in [5, 5.41) is 21.6. The first-order chi connectivity index (χ1) is 11.8. The smallest absolute Gasteiger partial charge is 0.330 e. The number of rotatable bonds is 3. The number of carbonyl (C=O) groups is 1. The number of carbonyl (C=O) groups excluding carboxylic acids is 1. The molecule has 0 unspecified atom stereocenters. The van der Waals surface area contributed by atoms with Crippen LogP contribution in [0.2, 0.25) is 0 Å². The Morgan fingerprint density at radius 2 is 2.20 bits per heavy atom. The van der Waals surface area contributed by atoms with Gasteiger partial charge in [0.25, 0.3) is 0 Å². The lowest BCUT2D eigenvalue weighted by Gasteiger charge is -2.57. The maximum atomic E-state index is 11.9. The van der Waals surface area contributed by atoms with E-state index in [1.165, 1.54) is 11.6 Å². The summed E-state index contributed by atoms with van der Waals surface area (Å²) >= 11 is 0. The first kappa shape index (κ1) is 17.2. The monoisotopic (exact) mass is 350 g/mol. The second-order valence-electron chi connectivity index (χ2n) is 8.07. The Morgan fingerprint density at radius 1 is 1.48 bits per heavy atom. The van der Waals surface area contributed by atoms with Gasteiger partial charge in [0.05, 0.1) is 18.8 Å². The van der Waals surface area contributed by atoms with Gasteiger partial charge in [-0.25, -0.2) is 4.79 Å². The molecule has 2 aliphatic carbocycles. The summed E-state index contributed by atoms with van der Waals surface area (Å²) in [6, 6.07) is 0. The molecule has 2 saturated heterocycles. The number of ether oxygens (including phenoxy) is 3. The molecule has 3 fully saturated rings. The molecule has 4 aliphatic rings. The average molecular weight is 350 g/mol. The maximum absolute atomic E-state index is 11.9. The lowest BCUT2D eigenvalue weighted by molar-refractivity contribution is -0.230. The summed E-state index contributed by atoms with van der Waals surface area (Å²) in [5.74, 6) is -0.411. The van der Waals surface area contributed by atoms with Gasteiger partial charge in [-0.05, 0) is 26.7 Å². The second kappa shape index (κ2) is 5.39. The van der Waals surface area contributed by atoms with Gasteiger partial charge in [0.15, 0.2) is 0 Å². The van der Waals surface area contributed by atoms with Crippen LogP contribution in [-0.4, -0.2) is 59.4 Å². The lowest BCUT2D eigenvalue weighted by Crippen LogP contribution is -2.66. The summed E-state index contributed by atoms with van der Waals surface area (Å²) in [4.78, 5) is 11.9. The maximum Gasteiger partial charge on any atom is 0.330 e. The Hall–Kier alpha value is -1.21. The molecule has 2 bridgehead atoms. The molecule has 0 aromatic heterocycles. The van der Waals surface area contributed by atoms with Gasteiger partial charge in [-0.1, -0.05) is 24.6 Å². The standard InChI is InChI=1S/C19H26O6/c1-4-5-13(20)23-9-18-7-6-11(2)8-12(18)25-16-14(21)15(22)17(18,3)19(16)10-24-19/h4-5,8,12,14-16,21-22H,6-7,9-10H2,1-3H3/t12-,14-,15-,16-,17-,18-,19+/m1/s1. The third-order valence-corrected chi connectivity index (χ3v) is 7.07. The fraction of sp³-hybridized carbons (Fsp3) is 0.737. The van der Waals surface area contributed by atoms with Crippen molar-refractivity contribution in [2.75, 3.05) is 13.2 Å². The van der Waals surface area contributed by atoms with E-state index in [4.69, 9.17) is 14.2 Å². The minimum absolute atomic E-state index is 0.128. The molecule has 2 N–H and O–H groups in total. The number of allylic oxidation sites excluding steroid dienone is 2. The quantitative estimate of drug-likeness (QED) is 0.343. The van der Waals surface area contributed by atoms with Gasteiger partial charge in [0.1, 0.15) is 24.4 Å². The summed E-state index contributed by atoms with van der Waals surface area (Å²) in [7, 11) is 0. The first-order valence-corrected chi connectivity index (χ1v) is 8.95. The number of esters is 1. The first-order valence-electron chi connectivity index (χ1n) is 8.95. The van der Waals surface area contributed by atoms with Gasteiger partial charge in [0, 0.05) is 16.9 Å². The van der Waals surface area contributed by atoms with E-state index in [1.807, 2.05) is 13.8 Å². The zero-order valence-electron chi connectivity index (χ0n) is 14.9. The van der Waals surface area contributed by atoms with Crippen LogP contribution < -0.4 is 0 Å². The highest BCUT2D eigenvalue weighted by Gasteiger charge is 2.84. The fourth-order valence-corrected chi connectivity index (χ4v) is 5.41. The lowest BCUT2D eigenvalue weighted by atomic mass is 9.51. The molecule has 1 saturated carbocycles. The van der Waals surface area contributed by atoms with Gasteiger partial charge in [-0.15, -0.1) is 0 Å². The number of aliphatic hydroxyl groups is 2. The fourth-order valence-electron chi connectivity index (χ4n) is 5.41. The van der Waals surface area contributed by atoms with Gasteiger partial charge in [-0.3, -0.25) is 0 Å². The van der Waals surface area contributed by atoms with E-state index in [0.717, 1.165) is 6.42 Å². The van der Waals surface area contributed by atoms with E-state index < -0.39 is 40.7 Å². The molecule has 6 heteroatoms. The van der Waals surface area contributed by atoms with Crippen molar-refractivity contribution >= 4 is 5.97 Å². The van der Waals surface area contributed by atoms with Crippen LogP contribution in [0.1, 0.15) is 33.6 Å². The molecule has 4 rings (SSSR count). The van der Waals surface area contributed by atoms with Crippen molar-refractivity contribution in [1.82, 2.24) is 0 Å². The van der Waals surface area contributed by atoms with Crippen molar-refractivity contribution in [3.63, 3.8) is 0 Å². The number of hydrogen-bond acceptors (Lipinski definition) is 6. The van der Waals surface area contributed by atoms with Crippen LogP contribution in [0.25, 0.3) is 0 Å². The van der Waals surface area contributed by atoms with E-state index in [1.54, 1.807) is 13.0 Å². The molecule has 138 valence electrons. The van der Waals surface area contributed by atoms with Gasteiger partial charge in [-0.2, -0.15) is 0 Å². The summed E-state index contributed by atoms with van der Waals surface area (Å²) < 4.78 is 17.6. The Morgan fingerprint density at radius 3 is 2.84 bits per heavy atom. The minimum Gasteiger partial charge on any atom is -0.462 e. The highest BCUT2D eigenvalue weighted by atomic mass is 16.6. The third-order valence-electron chi connectivity index (χ3n) is 7.07. The summed E-state index contributed by atoms with van der Waals surface area (Å²) in [5.41, 5.74) is -0.872. The Balaban J connectivity index is 1.78. The topological polar surface area (TPSA) is 88.5 Å². The molecule has 0 radical (unpaired) electrons. The van der Waals surface area contributed by atoms with Crippen LogP contribution in [0.5, 0.6) is 0 Å². The van der Waals surface area contributed by atoms with Crippen molar-refractivity contribution in [2.24, 2.45) is 10.8 Å². The minimum atomic E-state index is -1.00. The van der Waals surface area contributed by atoms with Gasteiger partial charge >= 0.3 is 5.97 Å². The second-order valence-corrected chi connectivity index (χ2v) is 8.07. The summed E-state index contributed by atoms with van der Waals surface area (Å²) in [6.07, 6.45) is 3.74. The molecular formula is C19H26O6. The van der Waals surface area contributed by atoms with Crippen molar-refractivity contribution in [1.29, 1.82) is 0 Å². The molecule has 0 aromatic carbocycles. The molecule has 2 aliphatic heterocycles. The normalized spacial score (nSPS) is 50.7. The van der Waals surface area contributed by atoms with Crippen LogP contribution in [0, 0.1) is 10.8 Å². The number of aliphatic hydroxyl groups excluding tert-OH is 2. The van der Waals surface area contributed by atoms with Crippen molar-refractivity contribution in [3.05, 3.63) is 23.8 Å². The predicted molar refractivity (Wildman–Crippen MR) is 88.7 cm³/mol. The van der Waals surface area contributed by atoms with Gasteiger partial charge in [0.2, 0.25) is 0 Å². The van der Waals surface area contributed by atoms with Crippen molar-refractivity contribution in [2.45, 2.75) is 63.6 Å². The van der Waals surface area contributed by atoms with Gasteiger partial charge < -0.3 is 24.4 Å². The Kier molecular flexibility index (Phi) is 3.71. The molecule has 0 amide bonds. The van der Waals surface area contributed by atoms with E-state index >= 15 is 0 Å².